The van der Waals surface area contributed by atoms with Crippen molar-refractivity contribution in [2.24, 2.45) is 11.8 Å². The molecule has 2 rings (SSSR count). The van der Waals surface area contributed by atoms with Crippen molar-refractivity contribution >= 4 is 23.2 Å². The number of carbonyl (C=O) groups excluding carboxylic acids is 2. The molecule has 1 N–H and O–H groups in total. The van der Waals surface area contributed by atoms with E-state index < -0.39 is 0 Å². The Kier molecular flexibility index (Phi) is 8.48. The zero-order chi connectivity index (χ0) is 23.1. The summed E-state index contributed by atoms with van der Waals surface area (Å²) >= 11 is 0. The molecule has 0 heterocycles. The van der Waals surface area contributed by atoms with E-state index in [0.717, 1.165) is 22.7 Å². The van der Waals surface area contributed by atoms with Crippen LogP contribution in [0.4, 0.5) is 11.4 Å². The standard InChI is InChI=1S/C25H35N3O3/c1-17(2)15-28(25(30)19-8-11-22(31-7)12-9-19)16-20-14-21(26-24(29)18(3)4)10-13-23(20)27(5)6/h8-14,17-18H,15-16H2,1-7H3,(H,26,29). The fraction of sp³-hybridized carbons (Fsp3) is 0.440. The molecule has 6 nitrogen and oxygen atoms in total. The molecular formula is C25H35N3O3. The van der Waals surface area contributed by atoms with Gasteiger partial charge in [0.05, 0.1) is 7.11 Å². The molecule has 0 saturated carbocycles. The van der Waals surface area contributed by atoms with Gasteiger partial charge in [0.2, 0.25) is 5.91 Å². The summed E-state index contributed by atoms with van der Waals surface area (Å²) in [5, 5.41) is 2.96. The number of rotatable bonds is 9. The fourth-order valence-corrected chi connectivity index (χ4v) is 3.29. The van der Waals surface area contributed by atoms with Gasteiger partial charge in [-0.3, -0.25) is 9.59 Å². The van der Waals surface area contributed by atoms with Crippen molar-refractivity contribution in [1.82, 2.24) is 4.90 Å². The van der Waals surface area contributed by atoms with Gasteiger partial charge >= 0.3 is 0 Å². The van der Waals surface area contributed by atoms with Gasteiger partial charge in [0.15, 0.2) is 0 Å². The maximum Gasteiger partial charge on any atom is 0.254 e. The first-order valence-corrected chi connectivity index (χ1v) is 10.7. The van der Waals surface area contributed by atoms with E-state index in [-0.39, 0.29) is 17.7 Å². The van der Waals surface area contributed by atoms with Crippen molar-refractivity contribution in [2.45, 2.75) is 34.2 Å². The van der Waals surface area contributed by atoms with Gasteiger partial charge in [-0.2, -0.15) is 0 Å². The average molecular weight is 426 g/mol. The molecule has 2 amide bonds. The van der Waals surface area contributed by atoms with Crippen molar-refractivity contribution in [3.8, 4) is 5.75 Å². The minimum absolute atomic E-state index is 0.0299. The number of carbonyl (C=O) groups is 2. The first-order valence-electron chi connectivity index (χ1n) is 10.7. The molecule has 0 unspecified atom stereocenters. The van der Waals surface area contributed by atoms with Gasteiger partial charge in [-0.05, 0) is 53.9 Å². The molecule has 0 aromatic heterocycles. The topological polar surface area (TPSA) is 61.9 Å². The first-order chi connectivity index (χ1) is 14.6. The van der Waals surface area contributed by atoms with Gasteiger partial charge in [-0.25, -0.2) is 0 Å². The van der Waals surface area contributed by atoms with Crippen LogP contribution < -0.4 is 15.0 Å². The van der Waals surface area contributed by atoms with Gasteiger partial charge in [0.1, 0.15) is 5.75 Å². The van der Waals surface area contributed by atoms with E-state index in [9.17, 15) is 9.59 Å². The van der Waals surface area contributed by atoms with E-state index in [2.05, 4.69) is 19.2 Å². The lowest BCUT2D eigenvalue weighted by Gasteiger charge is -2.28. The van der Waals surface area contributed by atoms with Crippen LogP contribution in [0.15, 0.2) is 42.5 Å². The first kappa shape index (κ1) is 24.3. The van der Waals surface area contributed by atoms with Gasteiger partial charge in [0, 0.05) is 50.0 Å². The SMILES string of the molecule is COc1ccc(C(=O)N(Cc2cc(NC(=O)C(C)C)ccc2N(C)C)CC(C)C)cc1. The summed E-state index contributed by atoms with van der Waals surface area (Å²) in [6, 6.07) is 13.0. The number of hydrogen-bond acceptors (Lipinski definition) is 4. The smallest absolute Gasteiger partial charge is 0.254 e. The van der Waals surface area contributed by atoms with Gasteiger partial charge < -0.3 is 19.9 Å². The van der Waals surface area contributed by atoms with E-state index in [0.29, 0.717) is 24.6 Å². The predicted molar refractivity (Wildman–Crippen MR) is 127 cm³/mol. The largest absolute Gasteiger partial charge is 0.497 e. The van der Waals surface area contributed by atoms with Gasteiger partial charge in [-0.15, -0.1) is 0 Å². The van der Waals surface area contributed by atoms with Crippen molar-refractivity contribution in [2.75, 3.05) is 38.0 Å². The van der Waals surface area contributed by atoms with Crippen LogP contribution in [-0.2, 0) is 11.3 Å². The molecule has 0 aliphatic heterocycles. The van der Waals surface area contributed by atoms with Crippen LogP contribution >= 0.6 is 0 Å². The van der Waals surface area contributed by atoms with Gasteiger partial charge in [0.25, 0.3) is 5.91 Å². The molecule has 31 heavy (non-hydrogen) atoms. The second kappa shape index (κ2) is 10.8. The van der Waals surface area contributed by atoms with Crippen LogP contribution in [0.1, 0.15) is 43.6 Å². The highest BCUT2D eigenvalue weighted by molar-refractivity contribution is 5.95. The fourth-order valence-electron chi connectivity index (χ4n) is 3.29. The van der Waals surface area contributed by atoms with Crippen molar-refractivity contribution in [3.05, 3.63) is 53.6 Å². The predicted octanol–water partition coefficient (Wildman–Crippen LogP) is 4.65. The van der Waals surface area contributed by atoms with Crippen LogP contribution in [0.5, 0.6) is 5.75 Å². The molecule has 2 aromatic rings. The van der Waals surface area contributed by atoms with Crippen molar-refractivity contribution in [3.63, 3.8) is 0 Å². The number of hydrogen-bond donors (Lipinski definition) is 1. The van der Waals surface area contributed by atoms with Crippen LogP contribution in [0.3, 0.4) is 0 Å². The Morgan fingerprint density at radius 3 is 2.16 bits per heavy atom. The molecule has 168 valence electrons. The minimum Gasteiger partial charge on any atom is -0.497 e. The van der Waals surface area contributed by atoms with E-state index in [4.69, 9.17) is 4.74 Å². The molecule has 0 radical (unpaired) electrons. The summed E-state index contributed by atoms with van der Waals surface area (Å²) < 4.78 is 5.21. The molecule has 2 aromatic carbocycles. The quantitative estimate of drug-likeness (QED) is 0.635. The zero-order valence-electron chi connectivity index (χ0n) is 19.7. The summed E-state index contributed by atoms with van der Waals surface area (Å²) in [6.45, 7) is 8.99. The van der Waals surface area contributed by atoms with Crippen LogP contribution in [0.2, 0.25) is 0 Å². The Morgan fingerprint density at radius 1 is 1.00 bits per heavy atom. The van der Waals surface area contributed by atoms with E-state index >= 15 is 0 Å². The summed E-state index contributed by atoms with van der Waals surface area (Å²) in [5.74, 6) is 0.866. The highest BCUT2D eigenvalue weighted by Gasteiger charge is 2.20. The second-order valence-corrected chi connectivity index (χ2v) is 8.69. The zero-order valence-corrected chi connectivity index (χ0v) is 19.7. The van der Waals surface area contributed by atoms with Crippen molar-refractivity contribution < 1.29 is 14.3 Å². The molecular weight excluding hydrogens is 390 g/mol. The van der Waals surface area contributed by atoms with Crippen LogP contribution in [0, 0.1) is 11.8 Å². The molecule has 0 aliphatic rings. The normalized spacial score (nSPS) is 10.9. The number of benzene rings is 2. The summed E-state index contributed by atoms with van der Waals surface area (Å²) in [7, 11) is 5.56. The second-order valence-electron chi connectivity index (χ2n) is 8.69. The third-order valence-electron chi connectivity index (χ3n) is 4.92. The molecule has 0 saturated heterocycles. The molecule has 6 heteroatoms. The average Bonchev–Trinajstić information content (AvgIpc) is 2.72. The minimum atomic E-state index is -0.105. The Bertz CT molecular complexity index is 889. The summed E-state index contributed by atoms with van der Waals surface area (Å²) in [4.78, 5) is 29.4. The third kappa shape index (κ3) is 6.74. The Hall–Kier alpha value is -3.02. The van der Waals surface area contributed by atoms with Crippen LogP contribution in [0.25, 0.3) is 0 Å². The lowest BCUT2D eigenvalue weighted by molar-refractivity contribution is -0.118. The summed E-state index contributed by atoms with van der Waals surface area (Å²) in [5.41, 5.74) is 3.35. The number of nitrogens with one attached hydrogen (secondary N) is 1. The molecule has 0 spiro atoms. The number of anilines is 2. The maximum absolute atomic E-state index is 13.3. The molecule has 0 fully saturated rings. The van der Waals surface area contributed by atoms with Crippen molar-refractivity contribution in [1.29, 1.82) is 0 Å². The lowest BCUT2D eigenvalue weighted by atomic mass is 10.1. The highest BCUT2D eigenvalue weighted by atomic mass is 16.5. The molecule has 0 atom stereocenters. The highest BCUT2D eigenvalue weighted by Crippen LogP contribution is 2.26. The monoisotopic (exact) mass is 425 g/mol. The van der Waals surface area contributed by atoms with E-state index in [1.165, 1.54) is 0 Å². The van der Waals surface area contributed by atoms with Gasteiger partial charge in [-0.1, -0.05) is 27.7 Å². The van der Waals surface area contributed by atoms with E-state index in [1.54, 1.807) is 31.4 Å². The number of amides is 2. The Morgan fingerprint density at radius 2 is 1.65 bits per heavy atom. The third-order valence-corrected chi connectivity index (χ3v) is 4.92. The Balaban J connectivity index is 2.37. The Labute approximate surface area is 186 Å². The number of methoxy groups -OCH3 is 1. The van der Waals surface area contributed by atoms with E-state index in [1.807, 2.05) is 55.9 Å². The lowest BCUT2D eigenvalue weighted by Crippen LogP contribution is -2.34. The number of ether oxygens (including phenoxy) is 1. The van der Waals surface area contributed by atoms with Crippen LogP contribution in [-0.4, -0.2) is 44.5 Å². The number of nitrogens with zero attached hydrogens (tertiary/aromatic N) is 2. The molecule has 0 bridgehead atoms. The maximum atomic E-state index is 13.3. The summed E-state index contributed by atoms with van der Waals surface area (Å²) in [6.07, 6.45) is 0. The molecule has 0 aliphatic carbocycles.